The van der Waals surface area contributed by atoms with Crippen LogP contribution >= 0.6 is 0 Å². The molecule has 2 N–H and O–H groups in total. The Morgan fingerprint density at radius 2 is 1.60 bits per heavy atom. The zero-order valence-corrected chi connectivity index (χ0v) is 15.4. The third kappa shape index (κ3) is 6.59. The van der Waals surface area contributed by atoms with Crippen LogP contribution in [0.15, 0.2) is 60.7 Å². The Hall–Kier alpha value is -2.33. The molecule has 134 valence electrons. The molecule has 0 saturated heterocycles. The molecule has 2 amide bonds. The first-order valence-electron chi connectivity index (χ1n) is 8.86. The zero-order valence-electron chi connectivity index (χ0n) is 15.4. The van der Waals surface area contributed by atoms with E-state index in [1.807, 2.05) is 57.4 Å². The van der Waals surface area contributed by atoms with Gasteiger partial charge in [-0.1, -0.05) is 60.7 Å². The average molecular weight is 339 g/mol. The summed E-state index contributed by atoms with van der Waals surface area (Å²) in [5, 5.41) is 6.03. The summed E-state index contributed by atoms with van der Waals surface area (Å²) in [6.45, 7) is 2.62. The van der Waals surface area contributed by atoms with E-state index in [9.17, 15) is 4.79 Å². The fourth-order valence-electron chi connectivity index (χ4n) is 2.84. The van der Waals surface area contributed by atoms with Crippen LogP contribution in [0, 0.1) is 0 Å². The Morgan fingerprint density at radius 3 is 2.20 bits per heavy atom. The summed E-state index contributed by atoms with van der Waals surface area (Å²) in [5.74, 6) is 0. The van der Waals surface area contributed by atoms with Crippen LogP contribution in [0.1, 0.15) is 30.5 Å². The van der Waals surface area contributed by atoms with Gasteiger partial charge in [0.2, 0.25) is 0 Å². The van der Waals surface area contributed by atoms with Crippen LogP contribution in [-0.2, 0) is 6.42 Å². The van der Waals surface area contributed by atoms with Gasteiger partial charge in [-0.2, -0.15) is 0 Å². The molecule has 0 heterocycles. The van der Waals surface area contributed by atoms with Gasteiger partial charge in [0.15, 0.2) is 0 Å². The maximum atomic E-state index is 12.2. The van der Waals surface area contributed by atoms with Crippen LogP contribution in [0.5, 0.6) is 0 Å². The lowest BCUT2D eigenvalue weighted by molar-refractivity contribution is 0.229. The molecule has 0 aliphatic heterocycles. The maximum absolute atomic E-state index is 12.2. The average Bonchev–Trinajstić information content (AvgIpc) is 2.61. The van der Waals surface area contributed by atoms with Gasteiger partial charge in [-0.25, -0.2) is 4.79 Å². The van der Waals surface area contributed by atoms with Crippen LogP contribution in [0.3, 0.4) is 0 Å². The number of rotatable bonds is 8. The minimum Gasteiger partial charge on any atom is -0.336 e. The molecular weight excluding hydrogens is 310 g/mol. The van der Waals surface area contributed by atoms with Crippen LogP contribution in [0.25, 0.3) is 0 Å². The zero-order chi connectivity index (χ0) is 18.1. The van der Waals surface area contributed by atoms with Crippen LogP contribution in [0.4, 0.5) is 4.79 Å². The number of amides is 2. The van der Waals surface area contributed by atoms with Crippen molar-refractivity contribution in [3.05, 3.63) is 71.8 Å². The number of carbonyl (C=O) groups is 1. The first kappa shape index (κ1) is 19.0. The molecule has 25 heavy (non-hydrogen) atoms. The van der Waals surface area contributed by atoms with E-state index < -0.39 is 0 Å². The van der Waals surface area contributed by atoms with Crippen LogP contribution in [-0.4, -0.2) is 37.6 Å². The fraction of sp³-hybridized carbons (Fsp3) is 0.381. The van der Waals surface area contributed by atoms with E-state index in [1.165, 1.54) is 11.1 Å². The number of urea groups is 1. The lowest BCUT2D eigenvalue weighted by atomic mass is 10.1. The predicted octanol–water partition coefficient (Wildman–Crippen LogP) is 3.61. The molecule has 0 spiro atoms. The number of benzene rings is 2. The number of carbonyl (C=O) groups excluding carboxylic acids is 1. The first-order chi connectivity index (χ1) is 12.1. The predicted molar refractivity (Wildman–Crippen MR) is 104 cm³/mol. The summed E-state index contributed by atoms with van der Waals surface area (Å²) in [4.78, 5) is 14.3. The van der Waals surface area contributed by atoms with Crippen molar-refractivity contribution in [3.8, 4) is 0 Å². The topological polar surface area (TPSA) is 44.4 Å². The van der Waals surface area contributed by atoms with Crippen molar-refractivity contribution < 1.29 is 4.79 Å². The van der Waals surface area contributed by atoms with Gasteiger partial charge < -0.3 is 15.5 Å². The third-order valence-electron chi connectivity index (χ3n) is 4.35. The fourth-order valence-corrected chi connectivity index (χ4v) is 2.84. The van der Waals surface area contributed by atoms with Crippen molar-refractivity contribution in [2.45, 2.75) is 31.8 Å². The molecule has 0 saturated carbocycles. The third-order valence-corrected chi connectivity index (χ3v) is 4.35. The maximum Gasteiger partial charge on any atom is 0.315 e. The van der Waals surface area contributed by atoms with Crippen molar-refractivity contribution in [2.75, 3.05) is 20.6 Å². The lowest BCUT2D eigenvalue weighted by Gasteiger charge is -2.25. The van der Waals surface area contributed by atoms with Crippen molar-refractivity contribution >= 4 is 6.03 Å². The summed E-state index contributed by atoms with van der Waals surface area (Å²) in [7, 11) is 4.06. The summed E-state index contributed by atoms with van der Waals surface area (Å²) in [6, 6.07) is 20.8. The molecule has 0 radical (unpaired) electrons. The highest BCUT2D eigenvalue weighted by Gasteiger charge is 2.15. The molecule has 0 aliphatic rings. The number of likely N-dealkylation sites (N-methyl/N-ethyl adjacent to an activating group) is 1. The van der Waals surface area contributed by atoms with Crippen LogP contribution < -0.4 is 10.6 Å². The van der Waals surface area contributed by atoms with Gasteiger partial charge in [0.1, 0.15) is 0 Å². The quantitative estimate of drug-likeness (QED) is 0.772. The SMILES string of the molecule is CC(CCc1ccccc1)NC(=O)NCC(c1ccccc1)N(C)C. The molecule has 2 aromatic carbocycles. The van der Waals surface area contributed by atoms with Crippen molar-refractivity contribution in [3.63, 3.8) is 0 Å². The Morgan fingerprint density at radius 1 is 1.00 bits per heavy atom. The molecule has 2 aromatic rings. The van der Waals surface area contributed by atoms with E-state index in [4.69, 9.17) is 0 Å². The Balaban J connectivity index is 1.77. The standard InChI is InChI=1S/C21H29N3O/c1-17(14-15-18-10-6-4-7-11-18)23-21(25)22-16-20(24(2)3)19-12-8-5-9-13-19/h4-13,17,20H,14-16H2,1-3H3,(H2,22,23,25). The van der Waals surface area contributed by atoms with Gasteiger partial charge >= 0.3 is 6.03 Å². The van der Waals surface area contributed by atoms with Crippen molar-refractivity contribution in [1.29, 1.82) is 0 Å². The molecule has 0 aromatic heterocycles. The number of hydrogen-bond donors (Lipinski definition) is 2. The van der Waals surface area contributed by atoms with Crippen LogP contribution in [0.2, 0.25) is 0 Å². The van der Waals surface area contributed by atoms with Gasteiger partial charge in [0.25, 0.3) is 0 Å². The smallest absolute Gasteiger partial charge is 0.315 e. The highest BCUT2D eigenvalue weighted by Crippen LogP contribution is 2.16. The summed E-state index contributed by atoms with van der Waals surface area (Å²) in [6.07, 6.45) is 1.89. The Labute approximate surface area is 151 Å². The van der Waals surface area contributed by atoms with Crippen molar-refractivity contribution in [1.82, 2.24) is 15.5 Å². The second kappa shape index (κ2) is 9.84. The largest absolute Gasteiger partial charge is 0.336 e. The van der Waals surface area contributed by atoms with Gasteiger partial charge in [0, 0.05) is 12.6 Å². The summed E-state index contributed by atoms with van der Waals surface area (Å²) >= 11 is 0. The minimum atomic E-state index is -0.108. The molecule has 4 heteroatoms. The van der Waals surface area contributed by atoms with E-state index in [0.29, 0.717) is 6.54 Å². The summed E-state index contributed by atoms with van der Waals surface area (Å²) < 4.78 is 0. The van der Waals surface area contributed by atoms with E-state index >= 15 is 0 Å². The second-order valence-corrected chi connectivity index (χ2v) is 6.67. The minimum absolute atomic E-state index is 0.108. The number of aryl methyl sites for hydroxylation is 1. The highest BCUT2D eigenvalue weighted by molar-refractivity contribution is 5.74. The van der Waals surface area contributed by atoms with Crippen molar-refractivity contribution in [2.24, 2.45) is 0 Å². The Bertz CT molecular complexity index is 628. The molecule has 2 unspecified atom stereocenters. The normalized spacial score (nSPS) is 13.3. The molecular formula is C21H29N3O. The molecule has 0 fully saturated rings. The Kier molecular flexibility index (Phi) is 7.48. The molecule has 2 rings (SSSR count). The number of hydrogen-bond acceptors (Lipinski definition) is 2. The summed E-state index contributed by atoms with van der Waals surface area (Å²) in [5.41, 5.74) is 2.50. The van der Waals surface area contributed by atoms with E-state index in [2.05, 4.69) is 39.8 Å². The van der Waals surface area contributed by atoms with Gasteiger partial charge in [-0.3, -0.25) is 0 Å². The molecule has 0 aliphatic carbocycles. The van der Waals surface area contributed by atoms with E-state index in [1.54, 1.807) is 0 Å². The van der Waals surface area contributed by atoms with E-state index in [0.717, 1.165) is 12.8 Å². The number of nitrogens with zero attached hydrogens (tertiary/aromatic N) is 1. The second-order valence-electron chi connectivity index (χ2n) is 6.67. The molecule has 2 atom stereocenters. The van der Waals surface area contributed by atoms with Gasteiger partial charge in [-0.05, 0) is 45.0 Å². The van der Waals surface area contributed by atoms with E-state index in [-0.39, 0.29) is 18.1 Å². The highest BCUT2D eigenvalue weighted by atomic mass is 16.2. The van der Waals surface area contributed by atoms with Gasteiger partial charge in [-0.15, -0.1) is 0 Å². The number of nitrogens with one attached hydrogen (secondary N) is 2. The molecule has 4 nitrogen and oxygen atoms in total. The lowest BCUT2D eigenvalue weighted by Crippen LogP contribution is -2.44. The molecule has 0 bridgehead atoms. The van der Waals surface area contributed by atoms with Gasteiger partial charge in [0.05, 0.1) is 6.04 Å². The first-order valence-corrected chi connectivity index (χ1v) is 8.86. The monoisotopic (exact) mass is 339 g/mol.